The number of rotatable bonds is 7. The lowest BCUT2D eigenvalue weighted by Crippen LogP contribution is -2.10. The molecule has 7 rings (SSSR count). The second-order valence-electron chi connectivity index (χ2n) is 10.8. The van der Waals surface area contributed by atoms with Crippen molar-refractivity contribution in [1.82, 2.24) is 30.1 Å². The van der Waals surface area contributed by atoms with Gasteiger partial charge in [-0.25, -0.2) is 4.98 Å². The minimum absolute atomic E-state index is 0.743. The maximum absolute atomic E-state index is 4.68. The third-order valence-corrected chi connectivity index (χ3v) is 7.99. The topological polar surface area (TPSA) is 95.2 Å². The van der Waals surface area contributed by atoms with Gasteiger partial charge < -0.3 is 10.3 Å². The maximum atomic E-state index is 4.68. The summed E-state index contributed by atoms with van der Waals surface area (Å²) < 4.78 is 0. The number of H-pyrrole nitrogens is 2. The van der Waals surface area contributed by atoms with Gasteiger partial charge in [0.15, 0.2) is 0 Å². The number of benzene rings is 1. The zero-order valence-corrected chi connectivity index (χ0v) is 22.3. The van der Waals surface area contributed by atoms with Crippen LogP contribution >= 0.6 is 0 Å². The van der Waals surface area contributed by atoms with Crippen molar-refractivity contribution in [3.63, 3.8) is 0 Å². The Morgan fingerprint density at radius 2 is 1.73 bits per heavy atom. The number of aromatic amines is 2. The average Bonchev–Trinajstić information content (AvgIpc) is 3.62. The summed E-state index contributed by atoms with van der Waals surface area (Å²) in [4.78, 5) is 16.8. The van der Waals surface area contributed by atoms with E-state index in [2.05, 4.69) is 72.4 Å². The first-order valence-corrected chi connectivity index (χ1v) is 14.0. The lowest BCUT2D eigenvalue weighted by atomic mass is 9.86. The largest absolute Gasteiger partial charge is 0.358 e. The normalized spacial score (nSPS) is 14.1. The van der Waals surface area contributed by atoms with Crippen LogP contribution in [0.25, 0.3) is 55.6 Å². The molecular formula is C33H31N7. The Bertz CT molecular complexity index is 1810. The summed E-state index contributed by atoms with van der Waals surface area (Å²) in [5.74, 6) is 0.743. The molecule has 7 nitrogen and oxygen atoms in total. The van der Waals surface area contributed by atoms with E-state index in [0.29, 0.717) is 0 Å². The summed E-state index contributed by atoms with van der Waals surface area (Å²) in [7, 11) is 0. The van der Waals surface area contributed by atoms with Gasteiger partial charge in [-0.3, -0.25) is 15.1 Å². The van der Waals surface area contributed by atoms with Crippen molar-refractivity contribution in [1.29, 1.82) is 0 Å². The molecule has 5 aromatic heterocycles. The van der Waals surface area contributed by atoms with E-state index in [4.69, 9.17) is 0 Å². The first kappa shape index (κ1) is 24.3. The summed E-state index contributed by atoms with van der Waals surface area (Å²) in [5.41, 5.74) is 9.95. The number of hydrogen-bond acceptors (Lipinski definition) is 5. The fourth-order valence-electron chi connectivity index (χ4n) is 6.00. The molecule has 0 spiro atoms. The highest BCUT2D eigenvalue weighted by Gasteiger charge is 2.16. The molecule has 0 unspecified atom stereocenters. The Balaban J connectivity index is 1.19. The fourth-order valence-corrected chi connectivity index (χ4v) is 6.00. The minimum Gasteiger partial charge on any atom is -0.358 e. The van der Waals surface area contributed by atoms with Gasteiger partial charge in [0, 0.05) is 46.8 Å². The number of anilines is 1. The van der Waals surface area contributed by atoms with Crippen LogP contribution in [0.5, 0.6) is 0 Å². The van der Waals surface area contributed by atoms with E-state index in [1.807, 2.05) is 49.2 Å². The van der Waals surface area contributed by atoms with Crippen LogP contribution in [0.2, 0.25) is 0 Å². The molecule has 0 atom stereocenters. The molecule has 0 aliphatic heterocycles. The van der Waals surface area contributed by atoms with Crippen molar-refractivity contribution < 1.29 is 0 Å². The first-order chi connectivity index (χ1) is 19.7. The van der Waals surface area contributed by atoms with Crippen LogP contribution in [0.1, 0.15) is 38.5 Å². The van der Waals surface area contributed by atoms with E-state index in [1.54, 1.807) is 0 Å². The minimum atomic E-state index is 0.743. The highest BCUT2D eigenvalue weighted by molar-refractivity contribution is 6.00. The molecule has 7 heteroatoms. The van der Waals surface area contributed by atoms with Crippen molar-refractivity contribution in [3.8, 4) is 33.6 Å². The van der Waals surface area contributed by atoms with Crippen molar-refractivity contribution in [2.24, 2.45) is 5.92 Å². The smallest absolute Gasteiger partial charge is 0.138 e. The molecule has 1 aliphatic carbocycles. The molecule has 1 aliphatic rings. The zero-order valence-electron chi connectivity index (χ0n) is 22.3. The van der Waals surface area contributed by atoms with Crippen molar-refractivity contribution in [2.45, 2.75) is 38.5 Å². The molecule has 1 fully saturated rings. The number of hydrogen-bond donors (Lipinski definition) is 3. The molecular weight excluding hydrogens is 494 g/mol. The summed E-state index contributed by atoms with van der Waals surface area (Å²) in [6.07, 6.45) is 16.9. The highest BCUT2D eigenvalue weighted by atomic mass is 15.1. The molecule has 1 saturated carbocycles. The summed E-state index contributed by atoms with van der Waals surface area (Å²) in [5, 5.41) is 13.5. The van der Waals surface area contributed by atoms with E-state index < -0.39 is 0 Å². The zero-order chi connectivity index (χ0) is 26.9. The molecule has 0 amide bonds. The molecule has 6 aromatic rings. The number of nitrogens with zero attached hydrogens (tertiary/aromatic N) is 4. The van der Waals surface area contributed by atoms with E-state index in [1.165, 1.54) is 32.1 Å². The van der Waals surface area contributed by atoms with Crippen LogP contribution in [0.15, 0.2) is 91.8 Å². The van der Waals surface area contributed by atoms with E-state index >= 15 is 0 Å². The van der Waals surface area contributed by atoms with E-state index in [0.717, 1.165) is 79.3 Å². The Morgan fingerprint density at radius 1 is 0.850 bits per heavy atom. The Morgan fingerprint density at radius 3 is 2.60 bits per heavy atom. The molecule has 0 saturated heterocycles. The predicted octanol–water partition coefficient (Wildman–Crippen LogP) is 8.13. The van der Waals surface area contributed by atoms with Crippen molar-refractivity contribution in [2.75, 3.05) is 5.32 Å². The van der Waals surface area contributed by atoms with Crippen LogP contribution in [0, 0.1) is 5.92 Å². The van der Waals surface area contributed by atoms with Gasteiger partial charge in [-0.2, -0.15) is 5.10 Å². The predicted molar refractivity (Wildman–Crippen MR) is 162 cm³/mol. The van der Waals surface area contributed by atoms with Gasteiger partial charge in [0.2, 0.25) is 0 Å². The number of aromatic nitrogens is 6. The molecule has 40 heavy (non-hydrogen) atoms. The third-order valence-electron chi connectivity index (χ3n) is 7.99. The molecule has 3 N–H and O–H groups in total. The second-order valence-corrected chi connectivity index (χ2v) is 10.8. The summed E-state index contributed by atoms with van der Waals surface area (Å²) in [6.45, 7) is 4.31. The van der Waals surface area contributed by atoms with Crippen LogP contribution < -0.4 is 5.32 Å². The van der Waals surface area contributed by atoms with Gasteiger partial charge in [0.25, 0.3) is 0 Å². The van der Waals surface area contributed by atoms with E-state index in [-0.39, 0.29) is 0 Å². The van der Waals surface area contributed by atoms with Crippen LogP contribution in [-0.4, -0.2) is 30.1 Å². The van der Waals surface area contributed by atoms with Crippen LogP contribution in [-0.2, 0) is 0 Å². The Labute approximate surface area is 232 Å². The van der Waals surface area contributed by atoms with Gasteiger partial charge in [-0.15, -0.1) is 0 Å². The second kappa shape index (κ2) is 10.4. The van der Waals surface area contributed by atoms with Crippen LogP contribution in [0.4, 0.5) is 5.69 Å². The number of nitrogens with one attached hydrogen (secondary N) is 3. The Kier molecular flexibility index (Phi) is 6.32. The molecule has 0 bridgehead atoms. The average molecular weight is 526 g/mol. The number of pyridine rings is 3. The Hall–Kier alpha value is -4.78. The van der Waals surface area contributed by atoms with Crippen LogP contribution in [0.3, 0.4) is 0 Å². The SMILES string of the molecule is C=C(CC1CCCCC1)Nc1cncc(-c2ccc3[nH]nc(-c4cc5c(-c6ccncc6)ccnc5[nH]4)c3c2)c1. The maximum Gasteiger partial charge on any atom is 0.138 e. The van der Waals surface area contributed by atoms with Gasteiger partial charge in [-0.05, 0) is 71.5 Å². The lowest BCUT2D eigenvalue weighted by Gasteiger charge is -2.22. The summed E-state index contributed by atoms with van der Waals surface area (Å²) in [6, 6.07) is 16.7. The fraction of sp³-hybridized carbons (Fsp3) is 0.212. The standard InChI is InChI=1S/C33H31N7/c1-21(15-22-5-3-2-4-6-22)37-26-16-25(19-35-20-26)24-7-8-30-29(17-24)32(40-39-30)31-18-28-27(11-14-36-33(28)38-31)23-9-12-34-13-10-23/h7-14,16-20,22,37H,1-6,15H2,(H,36,38)(H,39,40). The van der Waals surface area contributed by atoms with Gasteiger partial charge in [-0.1, -0.05) is 44.7 Å². The van der Waals surface area contributed by atoms with Gasteiger partial charge in [0.05, 0.1) is 23.1 Å². The lowest BCUT2D eigenvalue weighted by molar-refractivity contribution is 0.357. The van der Waals surface area contributed by atoms with Gasteiger partial charge >= 0.3 is 0 Å². The molecule has 0 radical (unpaired) electrons. The van der Waals surface area contributed by atoms with Gasteiger partial charge in [0.1, 0.15) is 11.3 Å². The molecule has 1 aromatic carbocycles. The molecule has 5 heterocycles. The quantitative estimate of drug-likeness (QED) is 0.196. The molecule has 198 valence electrons. The van der Waals surface area contributed by atoms with E-state index in [9.17, 15) is 0 Å². The number of allylic oxidation sites excluding steroid dienone is 1. The van der Waals surface area contributed by atoms with Crippen molar-refractivity contribution >= 4 is 27.6 Å². The highest BCUT2D eigenvalue weighted by Crippen LogP contribution is 2.35. The first-order valence-electron chi connectivity index (χ1n) is 14.0. The summed E-state index contributed by atoms with van der Waals surface area (Å²) >= 11 is 0. The third kappa shape index (κ3) is 4.75. The monoisotopic (exact) mass is 525 g/mol. The number of fused-ring (bicyclic) bond motifs is 2. The van der Waals surface area contributed by atoms with Crippen molar-refractivity contribution in [3.05, 3.63) is 91.8 Å².